The highest BCUT2D eigenvalue weighted by atomic mass is 16.5. The molecule has 0 unspecified atom stereocenters. The van der Waals surface area contributed by atoms with Gasteiger partial charge < -0.3 is 19.7 Å². The van der Waals surface area contributed by atoms with Crippen LogP contribution in [0.3, 0.4) is 0 Å². The van der Waals surface area contributed by atoms with E-state index in [1.165, 1.54) is 0 Å². The number of nitrogens with one attached hydrogen (secondary N) is 1. The van der Waals surface area contributed by atoms with Gasteiger partial charge in [0.05, 0.1) is 7.11 Å². The molecule has 162 valence electrons. The highest BCUT2D eigenvalue weighted by Gasteiger charge is 2.26. The van der Waals surface area contributed by atoms with Crippen LogP contribution in [0.4, 0.5) is 0 Å². The highest BCUT2D eigenvalue weighted by molar-refractivity contribution is 5.88. The van der Waals surface area contributed by atoms with Gasteiger partial charge in [0.2, 0.25) is 5.91 Å². The van der Waals surface area contributed by atoms with E-state index in [9.17, 15) is 9.59 Å². The second kappa shape index (κ2) is 12.5. The van der Waals surface area contributed by atoms with Crippen molar-refractivity contribution < 1.29 is 19.1 Å². The minimum atomic E-state index is -0.584. The van der Waals surface area contributed by atoms with Crippen LogP contribution < -0.4 is 14.8 Å². The molecule has 0 saturated carbocycles. The lowest BCUT2D eigenvalue weighted by Crippen LogP contribution is -2.50. The minimum absolute atomic E-state index is 0.151. The lowest BCUT2D eigenvalue weighted by molar-refractivity contribution is -0.141. The first kappa shape index (κ1) is 23.3. The Morgan fingerprint density at radius 3 is 2.37 bits per heavy atom. The fourth-order valence-corrected chi connectivity index (χ4v) is 3.07. The lowest BCUT2D eigenvalue weighted by atomic mass is 10.1. The summed E-state index contributed by atoms with van der Waals surface area (Å²) >= 11 is 0. The van der Waals surface area contributed by atoms with E-state index < -0.39 is 6.04 Å². The van der Waals surface area contributed by atoms with Crippen LogP contribution in [0.1, 0.15) is 32.3 Å². The Bertz CT molecular complexity index is 795. The van der Waals surface area contributed by atoms with E-state index in [4.69, 9.17) is 9.47 Å². The van der Waals surface area contributed by atoms with Gasteiger partial charge in [-0.1, -0.05) is 55.8 Å². The summed E-state index contributed by atoms with van der Waals surface area (Å²) in [6.45, 7) is 4.70. The molecule has 2 aromatic carbocycles. The van der Waals surface area contributed by atoms with Crippen molar-refractivity contribution in [3.8, 4) is 11.5 Å². The van der Waals surface area contributed by atoms with Gasteiger partial charge in [0.1, 0.15) is 6.04 Å². The fraction of sp³-hybridized carbons (Fsp3) is 0.417. The largest absolute Gasteiger partial charge is 0.493 e. The molecule has 0 heterocycles. The predicted octanol–water partition coefficient (Wildman–Crippen LogP) is 3.45. The smallest absolute Gasteiger partial charge is 0.261 e. The van der Waals surface area contributed by atoms with Crippen LogP contribution in [0.2, 0.25) is 0 Å². The Balaban J connectivity index is 2.06. The maximum absolute atomic E-state index is 13.0. The van der Waals surface area contributed by atoms with Crippen molar-refractivity contribution in [2.45, 2.75) is 39.2 Å². The molecule has 2 rings (SSSR count). The first-order valence-electron chi connectivity index (χ1n) is 10.4. The van der Waals surface area contributed by atoms with Crippen LogP contribution in [-0.2, 0) is 16.0 Å². The SMILES string of the molecule is CCCCNC(=O)[C@H](C)N(CCc1ccccc1)C(=O)COc1ccccc1OC. The zero-order valence-corrected chi connectivity index (χ0v) is 18.1. The molecule has 0 fully saturated rings. The summed E-state index contributed by atoms with van der Waals surface area (Å²) in [4.78, 5) is 27.2. The van der Waals surface area contributed by atoms with Gasteiger partial charge >= 0.3 is 0 Å². The van der Waals surface area contributed by atoms with Crippen LogP contribution >= 0.6 is 0 Å². The standard InChI is InChI=1S/C24H32N2O4/c1-4-5-16-25-24(28)19(2)26(17-15-20-11-7-6-8-12-20)23(27)18-30-22-14-10-9-13-21(22)29-3/h6-14,19H,4-5,15-18H2,1-3H3,(H,25,28)/t19-/m0/s1. The van der Waals surface area contributed by atoms with Gasteiger partial charge in [0, 0.05) is 13.1 Å². The van der Waals surface area contributed by atoms with Crippen molar-refractivity contribution >= 4 is 11.8 Å². The van der Waals surface area contributed by atoms with Gasteiger partial charge in [-0.15, -0.1) is 0 Å². The Morgan fingerprint density at radius 1 is 1.03 bits per heavy atom. The lowest BCUT2D eigenvalue weighted by Gasteiger charge is -2.28. The Kier molecular flexibility index (Phi) is 9.71. The quantitative estimate of drug-likeness (QED) is 0.542. The third-order valence-electron chi connectivity index (χ3n) is 4.90. The van der Waals surface area contributed by atoms with Gasteiger partial charge in [-0.25, -0.2) is 0 Å². The average molecular weight is 413 g/mol. The molecule has 1 N–H and O–H groups in total. The van der Waals surface area contributed by atoms with E-state index in [-0.39, 0.29) is 18.4 Å². The van der Waals surface area contributed by atoms with Gasteiger partial charge in [-0.05, 0) is 37.5 Å². The second-order valence-electron chi connectivity index (χ2n) is 7.08. The van der Waals surface area contributed by atoms with Crippen LogP contribution in [0, 0.1) is 0 Å². The number of hydrogen-bond donors (Lipinski definition) is 1. The van der Waals surface area contributed by atoms with E-state index >= 15 is 0 Å². The second-order valence-corrected chi connectivity index (χ2v) is 7.08. The first-order chi connectivity index (χ1) is 14.6. The van der Waals surface area contributed by atoms with Crippen molar-refractivity contribution in [1.29, 1.82) is 0 Å². The number of unbranched alkanes of at least 4 members (excludes halogenated alkanes) is 1. The van der Waals surface area contributed by atoms with Crippen molar-refractivity contribution in [2.24, 2.45) is 0 Å². The monoisotopic (exact) mass is 412 g/mol. The van der Waals surface area contributed by atoms with Gasteiger partial charge in [-0.3, -0.25) is 9.59 Å². The molecule has 6 heteroatoms. The summed E-state index contributed by atoms with van der Waals surface area (Å²) in [7, 11) is 1.55. The Morgan fingerprint density at radius 2 is 1.70 bits per heavy atom. The molecule has 0 aromatic heterocycles. The van der Waals surface area contributed by atoms with Crippen molar-refractivity contribution in [2.75, 3.05) is 26.8 Å². The number of para-hydroxylation sites is 2. The number of ether oxygens (including phenoxy) is 2. The third kappa shape index (κ3) is 7.10. The maximum Gasteiger partial charge on any atom is 0.261 e. The summed E-state index contributed by atoms with van der Waals surface area (Å²) in [6.07, 6.45) is 2.57. The zero-order chi connectivity index (χ0) is 21.8. The molecule has 6 nitrogen and oxygen atoms in total. The topological polar surface area (TPSA) is 67.9 Å². The number of hydrogen-bond acceptors (Lipinski definition) is 4. The third-order valence-corrected chi connectivity index (χ3v) is 4.90. The molecular formula is C24H32N2O4. The summed E-state index contributed by atoms with van der Waals surface area (Å²) in [5.41, 5.74) is 1.11. The average Bonchev–Trinajstić information content (AvgIpc) is 2.78. The predicted molar refractivity (Wildman–Crippen MR) is 118 cm³/mol. The molecule has 2 aromatic rings. The van der Waals surface area contributed by atoms with E-state index in [0.29, 0.717) is 31.0 Å². The van der Waals surface area contributed by atoms with E-state index in [0.717, 1.165) is 18.4 Å². The number of amides is 2. The van der Waals surface area contributed by atoms with Crippen molar-refractivity contribution in [3.63, 3.8) is 0 Å². The summed E-state index contributed by atoms with van der Waals surface area (Å²) < 4.78 is 11.0. The summed E-state index contributed by atoms with van der Waals surface area (Å²) in [5.74, 6) is 0.667. The molecule has 30 heavy (non-hydrogen) atoms. The summed E-state index contributed by atoms with van der Waals surface area (Å²) in [5, 5.41) is 2.92. The Hall–Kier alpha value is -3.02. The zero-order valence-electron chi connectivity index (χ0n) is 18.1. The van der Waals surface area contributed by atoms with Crippen molar-refractivity contribution in [3.05, 3.63) is 60.2 Å². The molecule has 2 amide bonds. The minimum Gasteiger partial charge on any atom is -0.493 e. The van der Waals surface area contributed by atoms with Crippen molar-refractivity contribution in [1.82, 2.24) is 10.2 Å². The molecule has 1 atom stereocenters. The number of carbonyl (C=O) groups is 2. The van der Waals surface area contributed by atoms with Crippen LogP contribution in [-0.4, -0.2) is 49.6 Å². The van der Waals surface area contributed by atoms with Gasteiger partial charge in [0.15, 0.2) is 18.1 Å². The molecule has 0 aliphatic carbocycles. The number of benzene rings is 2. The molecule has 0 bridgehead atoms. The molecule has 0 aliphatic rings. The van der Waals surface area contributed by atoms with Crippen LogP contribution in [0.5, 0.6) is 11.5 Å². The maximum atomic E-state index is 13.0. The molecule has 0 aliphatic heterocycles. The number of methoxy groups -OCH3 is 1. The Labute approximate surface area is 179 Å². The van der Waals surface area contributed by atoms with E-state index in [2.05, 4.69) is 12.2 Å². The normalized spacial score (nSPS) is 11.4. The van der Waals surface area contributed by atoms with Gasteiger partial charge in [-0.2, -0.15) is 0 Å². The molecule has 0 radical (unpaired) electrons. The number of nitrogens with zero attached hydrogens (tertiary/aromatic N) is 1. The first-order valence-corrected chi connectivity index (χ1v) is 10.4. The van der Waals surface area contributed by atoms with Crippen LogP contribution in [0.25, 0.3) is 0 Å². The van der Waals surface area contributed by atoms with E-state index in [1.807, 2.05) is 42.5 Å². The number of carbonyl (C=O) groups excluding carboxylic acids is 2. The molecule has 0 saturated heterocycles. The van der Waals surface area contributed by atoms with Gasteiger partial charge in [0.25, 0.3) is 5.91 Å². The summed E-state index contributed by atoms with van der Waals surface area (Å²) in [6, 6.07) is 16.5. The number of rotatable bonds is 12. The fourth-order valence-electron chi connectivity index (χ4n) is 3.07. The molecule has 0 spiro atoms. The van der Waals surface area contributed by atoms with E-state index in [1.54, 1.807) is 31.1 Å². The highest BCUT2D eigenvalue weighted by Crippen LogP contribution is 2.25. The molecular weight excluding hydrogens is 380 g/mol. The van der Waals surface area contributed by atoms with Crippen LogP contribution in [0.15, 0.2) is 54.6 Å².